The van der Waals surface area contributed by atoms with Gasteiger partial charge in [0.25, 0.3) is 5.91 Å². The van der Waals surface area contributed by atoms with E-state index in [-0.39, 0.29) is 18.6 Å². The second-order valence-corrected chi connectivity index (χ2v) is 6.83. The summed E-state index contributed by atoms with van der Waals surface area (Å²) in [4.78, 5) is 32.1. The molecule has 0 bridgehead atoms. The maximum atomic E-state index is 12.2. The van der Waals surface area contributed by atoms with Crippen LogP contribution in [0.4, 0.5) is 0 Å². The molecule has 0 radical (unpaired) electrons. The lowest BCUT2D eigenvalue weighted by molar-refractivity contribution is -0.122. The SMILES string of the molecule is CCC(C)C.O=C(NC(Cc1ccccc1)C(=O)NCB(O)O)c1cnccn1. The Labute approximate surface area is 171 Å². The molecule has 0 aliphatic heterocycles. The van der Waals surface area contributed by atoms with Crippen LogP contribution < -0.4 is 10.6 Å². The summed E-state index contributed by atoms with van der Waals surface area (Å²) < 4.78 is 0. The van der Waals surface area contributed by atoms with Gasteiger partial charge in [0.2, 0.25) is 5.91 Å². The molecule has 1 aromatic heterocycles. The summed E-state index contributed by atoms with van der Waals surface area (Å²) in [5, 5.41) is 22.7. The van der Waals surface area contributed by atoms with Crippen LogP contribution in [-0.2, 0) is 11.2 Å². The third-order valence-corrected chi connectivity index (χ3v) is 3.98. The van der Waals surface area contributed by atoms with E-state index >= 15 is 0 Å². The maximum Gasteiger partial charge on any atom is 0.472 e. The van der Waals surface area contributed by atoms with Crippen LogP contribution >= 0.6 is 0 Å². The molecule has 0 saturated heterocycles. The molecule has 2 aromatic rings. The molecule has 0 fully saturated rings. The van der Waals surface area contributed by atoms with Gasteiger partial charge in [-0.2, -0.15) is 0 Å². The summed E-state index contributed by atoms with van der Waals surface area (Å²) in [6.45, 7) is 6.64. The number of rotatable bonds is 8. The fourth-order valence-corrected chi connectivity index (χ4v) is 2.02. The van der Waals surface area contributed by atoms with Gasteiger partial charge in [0.1, 0.15) is 11.7 Å². The first kappa shape index (κ1) is 24.3. The van der Waals surface area contributed by atoms with E-state index in [1.165, 1.54) is 25.0 Å². The number of amides is 2. The van der Waals surface area contributed by atoms with Gasteiger partial charge in [-0.15, -0.1) is 0 Å². The number of carbonyl (C=O) groups is 2. The molecule has 29 heavy (non-hydrogen) atoms. The van der Waals surface area contributed by atoms with Crippen molar-refractivity contribution in [2.45, 2.75) is 39.7 Å². The van der Waals surface area contributed by atoms with Crippen LogP contribution in [0.3, 0.4) is 0 Å². The van der Waals surface area contributed by atoms with E-state index in [1.54, 1.807) is 0 Å². The second kappa shape index (κ2) is 13.4. The lowest BCUT2D eigenvalue weighted by Crippen LogP contribution is -2.50. The molecular weight excluding hydrogens is 371 g/mol. The molecule has 0 aliphatic carbocycles. The van der Waals surface area contributed by atoms with Crippen LogP contribution in [0.5, 0.6) is 0 Å². The van der Waals surface area contributed by atoms with Crippen LogP contribution in [0, 0.1) is 5.92 Å². The van der Waals surface area contributed by atoms with Crippen molar-refractivity contribution < 1.29 is 19.6 Å². The molecule has 1 heterocycles. The number of hydrogen-bond donors (Lipinski definition) is 4. The zero-order valence-electron chi connectivity index (χ0n) is 17.1. The lowest BCUT2D eigenvalue weighted by atomic mass is 9.92. The van der Waals surface area contributed by atoms with Gasteiger partial charge >= 0.3 is 7.12 Å². The molecular formula is C20H29BN4O4. The topological polar surface area (TPSA) is 124 Å². The summed E-state index contributed by atoms with van der Waals surface area (Å²) in [5.41, 5.74) is 0.937. The van der Waals surface area contributed by atoms with Gasteiger partial charge in [-0.3, -0.25) is 14.6 Å². The van der Waals surface area contributed by atoms with Crippen LogP contribution in [-0.4, -0.2) is 51.4 Å². The van der Waals surface area contributed by atoms with Crippen LogP contribution in [0.2, 0.25) is 0 Å². The van der Waals surface area contributed by atoms with Crippen molar-refractivity contribution in [2.75, 3.05) is 6.44 Å². The van der Waals surface area contributed by atoms with E-state index in [0.717, 1.165) is 11.5 Å². The number of nitrogens with one attached hydrogen (secondary N) is 2. The van der Waals surface area contributed by atoms with Crippen LogP contribution in [0.1, 0.15) is 43.2 Å². The Morgan fingerprint density at radius 2 is 1.79 bits per heavy atom. The third-order valence-electron chi connectivity index (χ3n) is 3.98. The van der Waals surface area contributed by atoms with Crippen molar-refractivity contribution in [1.29, 1.82) is 0 Å². The summed E-state index contributed by atoms with van der Waals surface area (Å²) in [6.07, 6.45) is 5.34. The van der Waals surface area contributed by atoms with Crippen molar-refractivity contribution >= 4 is 18.9 Å². The molecule has 8 nitrogen and oxygen atoms in total. The van der Waals surface area contributed by atoms with E-state index in [1.807, 2.05) is 30.3 Å². The van der Waals surface area contributed by atoms with Gasteiger partial charge in [0.05, 0.1) is 12.6 Å². The quantitative estimate of drug-likeness (QED) is 0.490. The number of aromatic nitrogens is 2. The molecule has 9 heteroatoms. The summed E-state index contributed by atoms with van der Waals surface area (Å²) in [6, 6.07) is 8.27. The molecule has 2 rings (SSSR count). The molecule has 1 aromatic carbocycles. The predicted molar refractivity (Wildman–Crippen MR) is 112 cm³/mol. The highest BCUT2D eigenvalue weighted by molar-refractivity contribution is 6.41. The largest absolute Gasteiger partial charge is 0.472 e. The molecule has 1 atom stereocenters. The average Bonchev–Trinajstić information content (AvgIpc) is 2.73. The Morgan fingerprint density at radius 3 is 2.31 bits per heavy atom. The van der Waals surface area contributed by atoms with E-state index in [4.69, 9.17) is 10.0 Å². The van der Waals surface area contributed by atoms with Crippen LogP contribution in [0.25, 0.3) is 0 Å². The lowest BCUT2D eigenvalue weighted by Gasteiger charge is -2.18. The van der Waals surface area contributed by atoms with Crippen molar-refractivity contribution in [3.05, 3.63) is 60.2 Å². The molecule has 0 spiro atoms. The number of benzene rings is 1. The maximum absolute atomic E-state index is 12.2. The van der Waals surface area contributed by atoms with E-state index in [9.17, 15) is 9.59 Å². The minimum Gasteiger partial charge on any atom is -0.426 e. The first-order valence-electron chi connectivity index (χ1n) is 9.58. The highest BCUT2D eigenvalue weighted by Gasteiger charge is 2.23. The number of nitrogens with zero attached hydrogens (tertiary/aromatic N) is 2. The normalized spacial score (nSPS) is 11.1. The smallest absolute Gasteiger partial charge is 0.426 e. The summed E-state index contributed by atoms with van der Waals surface area (Å²) in [5.74, 6) is -0.178. The summed E-state index contributed by atoms with van der Waals surface area (Å²) >= 11 is 0. The molecule has 156 valence electrons. The molecule has 1 unspecified atom stereocenters. The third kappa shape index (κ3) is 10.4. The Bertz CT molecular complexity index is 730. The number of carbonyl (C=O) groups excluding carboxylic acids is 2. The van der Waals surface area contributed by atoms with Crippen LogP contribution in [0.15, 0.2) is 48.9 Å². The zero-order valence-corrected chi connectivity index (χ0v) is 17.1. The second-order valence-electron chi connectivity index (χ2n) is 6.83. The Morgan fingerprint density at radius 1 is 1.14 bits per heavy atom. The van der Waals surface area contributed by atoms with Gasteiger partial charge < -0.3 is 20.7 Å². The van der Waals surface area contributed by atoms with E-state index in [0.29, 0.717) is 0 Å². The highest BCUT2D eigenvalue weighted by atomic mass is 16.4. The first-order valence-corrected chi connectivity index (χ1v) is 9.58. The Hall–Kier alpha value is -2.78. The van der Waals surface area contributed by atoms with Gasteiger partial charge in [-0.25, -0.2) is 4.98 Å². The van der Waals surface area contributed by atoms with Crippen molar-refractivity contribution in [3.63, 3.8) is 0 Å². The summed E-state index contributed by atoms with van der Waals surface area (Å²) in [7, 11) is -1.66. The molecule has 0 aliphatic rings. The molecule has 2 amide bonds. The average molecular weight is 400 g/mol. The fraction of sp³-hybridized carbons (Fsp3) is 0.400. The molecule has 0 saturated carbocycles. The minimum absolute atomic E-state index is 0.0885. The van der Waals surface area contributed by atoms with Crippen molar-refractivity contribution in [3.8, 4) is 0 Å². The fourth-order valence-electron chi connectivity index (χ4n) is 2.02. The van der Waals surface area contributed by atoms with Gasteiger partial charge in [0, 0.05) is 18.8 Å². The first-order chi connectivity index (χ1) is 13.8. The van der Waals surface area contributed by atoms with E-state index in [2.05, 4.69) is 41.4 Å². The van der Waals surface area contributed by atoms with Crippen molar-refractivity contribution in [1.82, 2.24) is 20.6 Å². The zero-order chi connectivity index (χ0) is 21.6. The Balaban J connectivity index is 0.000000749. The van der Waals surface area contributed by atoms with Crippen molar-refractivity contribution in [2.24, 2.45) is 5.92 Å². The highest BCUT2D eigenvalue weighted by Crippen LogP contribution is 2.04. The minimum atomic E-state index is -1.66. The van der Waals surface area contributed by atoms with Gasteiger partial charge in [-0.05, 0) is 11.5 Å². The van der Waals surface area contributed by atoms with E-state index < -0.39 is 25.0 Å². The van der Waals surface area contributed by atoms with Gasteiger partial charge in [-0.1, -0.05) is 57.5 Å². The molecule has 4 N–H and O–H groups in total. The Kier molecular flexibility index (Phi) is 11.2. The number of hydrogen-bond acceptors (Lipinski definition) is 6. The van der Waals surface area contributed by atoms with Gasteiger partial charge in [0.15, 0.2) is 0 Å². The predicted octanol–water partition coefficient (Wildman–Crippen LogP) is 0.998. The standard InChI is InChI=1S/C15H17BN4O4.C5H12/c21-14(19-10-16(23)24)12(8-11-4-2-1-3-5-11)20-15(22)13-9-17-6-7-18-13;1-4-5(2)3/h1-7,9,12,23-24H,8,10H2,(H,19,21)(H,20,22);5H,4H2,1-3H3. The monoisotopic (exact) mass is 400 g/mol.